The summed E-state index contributed by atoms with van der Waals surface area (Å²) in [5.74, 6) is 1.72. The molecule has 0 aromatic heterocycles. The molecule has 1 aromatic carbocycles. The number of nitrogens with zero attached hydrogens (tertiary/aromatic N) is 1. The van der Waals surface area contributed by atoms with Gasteiger partial charge in [0.15, 0.2) is 17.2 Å². The number of hydrogen-bond acceptors (Lipinski definition) is 5. The van der Waals surface area contributed by atoms with Gasteiger partial charge in [-0.15, -0.1) is 0 Å². The molecule has 1 aliphatic carbocycles. The van der Waals surface area contributed by atoms with E-state index in [1.54, 1.807) is 26.4 Å². The zero-order valence-corrected chi connectivity index (χ0v) is 11.4. The van der Waals surface area contributed by atoms with Gasteiger partial charge in [-0.2, -0.15) is 5.11 Å². The zero-order valence-electron chi connectivity index (χ0n) is 11.4. The lowest BCUT2D eigenvalue weighted by atomic mass is 9.98. The van der Waals surface area contributed by atoms with Crippen molar-refractivity contribution in [3.05, 3.63) is 12.1 Å². The topological polar surface area (TPSA) is 63.9 Å². The van der Waals surface area contributed by atoms with Crippen molar-refractivity contribution in [3.8, 4) is 17.2 Å². The minimum Gasteiger partial charge on any atom is -0.494 e. The fraction of sp³-hybridized carbons (Fsp3) is 0.571. The summed E-state index contributed by atoms with van der Waals surface area (Å²) in [7, 11) is 3.10. The Morgan fingerprint density at radius 1 is 1.05 bits per heavy atom. The lowest BCUT2D eigenvalue weighted by Crippen LogP contribution is -2.19. The van der Waals surface area contributed by atoms with E-state index in [4.69, 9.17) is 19.7 Å². The van der Waals surface area contributed by atoms with Crippen molar-refractivity contribution >= 4 is 5.69 Å². The number of nitrogens with one attached hydrogen (secondary N) is 1. The summed E-state index contributed by atoms with van der Waals surface area (Å²) in [4.78, 5) is 0. The highest BCUT2D eigenvalue weighted by Gasteiger charge is 2.18. The van der Waals surface area contributed by atoms with Crippen LogP contribution in [0.2, 0.25) is 0 Å². The average Bonchev–Trinajstić information content (AvgIpc) is 2.47. The van der Waals surface area contributed by atoms with Crippen LogP contribution in [0.4, 0.5) is 5.69 Å². The van der Waals surface area contributed by atoms with Gasteiger partial charge in [0.05, 0.1) is 20.3 Å². The normalized spacial score (nSPS) is 15.9. The Labute approximate surface area is 113 Å². The summed E-state index contributed by atoms with van der Waals surface area (Å²) in [6.07, 6.45) is 6.19. The van der Waals surface area contributed by atoms with Crippen LogP contribution in [0.5, 0.6) is 17.2 Å². The molecule has 5 nitrogen and oxygen atoms in total. The maximum absolute atomic E-state index is 7.18. The van der Waals surface area contributed by atoms with Gasteiger partial charge in [-0.05, 0) is 25.7 Å². The van der Waals surface area contributed by atoms with Gasteiger partial charge >= 0.3 is 0 Å². The van der Waals surface area contributed by atoms with E-state index in [0.717, 1.165) is 12.8 Å². The summed E-state index contributed by atoms with van der Waals surface area (Å²) in [5.41, 5.74) is 7.57. The van der Waals surface area contributed by atoms with Gasteiger partial charge in [-0.1, -0.05) is 6.42 Å². The molecule has 0 unspecified atom stereocenters. The minimum absolute atomic E-state index is 0.266. The Kier molecular flexibility index (Phi) is 4.60. The van der Waals surface area contributed by atoms with Crippen molar-refractivity contribution in [2.24, 2.45) is 5.11 Å². The summed E-state index contributed by atoms with van der Waals surface area (Å²) in [5, 5.41) is 3.44. The Morgan fingerprint density at radius 3 is 2.11 bits per heavy atom. The van der Waals surface area contributed by atoms with Crippen molar-refractivity contribution in [1.29, 1.82) is 5.53 Å². The smallest absolute Gasteiger partial charge is 0.169 e. The lowest BCUT2D eigenvalue weighted by molar-refractivity contribution is 0.154. The maximum Gasteiger partial charge on any atom is 0.169 e. The highest BCUT2D eigenvalue weighted by molar-refractivity contribution is 5.64. The van der Waals surface area contributed by atoms with E-state index in [-0.39, 0.29) is 6.10 Å². The third-order valence-electron chi connectivity index (χ3n) is 3.42. The summed E-state index contributed by atoms with van der Waals surface area (Å²) >= 11 is 0. The molecule has 1 fully saturated rings. The third-order valence-corrected chi connectivity index (χ3v) is 3.42. The maximum atomic E-state index is 7.18. The van der Waals surface area contributed by atoms with E-state index in [0.29, 0.717) is 22.9 Å². The first-order chi connectivity index (χ1) is 9.28. The Hall–Kier alpha value is -1.78. The highest BCUT2D eigenvalue weighted by Crippen LogP contribution is 2.41. The Morgan fingerprint density at radius 2 is 1.63 bits per heavy atom. The van der Waals surface area contributed by atoms with Crippen LogP contribution in [-0.2, 0) is 0 Å². The second kappa shape index (κ2) is 6.41. The molecule has 0 amide bonds. The molecular formula is C14H20N2O3. The van der Waals surface area contributed by atoms with Crippen LogP contribution in [0.1, 0.15) is 32.1 Å². The van der Waals surface area contributed by atoms with Crippen LogP contribution < -0.4 is 14.2 Å². The second-order valence-electron chi connectivity index (χ2n) is 4.67. The monoisotopic (exact) mass is 264 g/mol. The van der Waals surface area contributed by atoms with Gasteiger partial charge in [0.1, 0.15) is 5.75 Å². The van der Waals surface area contributed by atoms with Gasteiger partial charge in [0, 0.05) is 12.1 Å². The molecule has 1 saturated carbocycles. The summed E-state index contributed by atoms with van der Waals surface area (Å²) < 4.78 is 16.4. The second-order valence-corrected chi connectivity index (χ2v) is 4.67. The van der Waals surface area contributed by atoms with Crippen LogP contribution in [0.3, 0.4) is 0 Å². The van der Waals surface area contributed by atoms with Crippen LogP contribution in [0.15, 0.2) is 17.2 Å². The van der Waals surface area contributed by atoms with E-state index in [2.05, 4.69) is 5.11 Å². The van der Waals surface area contributed by atoms with Gasteiger partial charge in [-0.25, -0.2) is 5.53 Å². The van der Waals surface area contributed by atoms with Crippen molar-refractivity contribution in [3.63, 3.8) is 0 Å². The molecule has 0 heterocycles. The minimum atomic E-state index is 0.266. The molecule has 104 valence electrons. The molecule has 0 saturated heterocycles. The predicted molar refractivity (Wildman–Crippen MR) is 71.9 cm³/mol. The first-order valence-electron chi connectivity index (χ1n) is 6.58. The quantitative estimate of drug-likeness (QED) is 0.815. The van der Waals surface area contributed by atoms with E-state index < -0.39 is 0 Å². The van der Waals surface area contributed by atoms with Gasteiger partial charge in [-0.3, -0.25) is 0 Å². The van der Waals surface area contributed by atoms with E-state index >= 15 is 0 Å². The molecule has 0 bridgehead atoms. The first kappa shape index (κ1) is 13.6. The lowest BCUT2D eigenvalue weighted by Gasteiger charge is -2.23. The molecule has 0 atom stereocenters. The molecule has 1 aliphatic rings. The molecule has 19 heavy (non-hydrogen) atoms. The predicted octanol–water partition coefficient (Wildman–Crippen LogP) is 4.08. The largest absolute Gasteiger partial charge is 0.494 e. The first-order valence-corrected chi connectivity index (χ1v) is 6.58. The molecule has 2 rings (SSSR count). The summed E-state index contributed by atoms with van der Waals surface area (Å²) in [6.45, 7) is 0. The molecule has 0 radical (unpaired) electrons. The van der Waals surface area contributed by atoms with Crippen molar-refractivity contribution in [1.82, 2.24) is 0 Å². The number of ether oxygens (including phenoxy) is 3. The molecule has 5 heteroatoms. The highest BCUT2D eigenvalue weighted by atomic mass is 16.5. The molecular weight excluding hydrogens is 244 g/mol. The number of hydrogen-bond donors (Lipinski definition) is 1. The number of methoxy groups -OCH3 is 2. The Bertz CT molecular complexity index is 417. The van der Waals surface area contributed by atoms with Crippen LogP contribution in [0, 0.1) is 5.53 Å². The number of benzene rings is 1. The summed E-state index contributed by atoms with van der Waals surface area (Å²) in [6, 6.07) is 3.54. The molecule has 0 aliphatic heterocycles. The van der Waals surface area contributed by atoms with Crippen molar-refractivity contribution in [2.75, 3.05) is 14.2 Å². The van der Waals surface area contributed by atoms with Crippen LogP contribution >= 0.6 is 0 Å². The molecule has 1 aromatic rings. The fourth-order valence-electron chi connectivity index (χ4n) is 2.42. The third kappa shape index (κ3) is 3.16. The van der Waals surface area contributed by atoms with Crippen molar-refractivity contribution < 1.29 is 14.2 Å². The SMILES string of the molecule is COc1cc(OC2CCCCC2)cc(OC)c1N=N. The Balaban J connectivity index is 2.22. The van der Waals surface area contributed by atoms with Crippen molar-refractivity contribution in [2.45, 2.75) is 38.2 Å². The van der Waals surface area contributed by atoms with Gasteiger partial charge < -0.3 is 14.2 Å². The average molecular weight is 264 g/mol. The van der Waals surface area contributed by atoms with Gasteiger partial charge in [0.2, 0.25) is 0 Å². The fourth-order valence-corrected chi connectivity index (χ4v) is 2.42. The molecule has 1 N–H and O–H groups in total. The van der Waals surface area contributed by atoms with E-state index in [1.165, 1.54) is 19.3 Å². The van der Waals surface area contributed by atoms with E-state index in [9.17, 15) is 0 Å². The molecule has 0 spiro atoms. The standard InChI is InChI=1S/C14H20N2O3/c1-17-12-8-11(9-13(18-2)14(12)16-15)19-10-6-4-3-5-7-10/h8-10,15H,3-7H2,1-2H3. The number of rotatable bonds is 5. The van der Waals surface area contributed by atoms with Crippen LogP contribution in [0.25, 0.3) is 0 Å². The van der Waals surface area contributed by atoms with Gasteiger partial charge in [0.25, 0.3) is 0 Å². The zero-order chi connectivity index (χ0) is 13.7. The van der Waals surface area contributed by atoms with Crippen LogP contribution in [-0.4, -0.2) is 20.3 Å². The van der Waals surface area contributed by atoms with E-state index in [1.807, 2.05) is 0 Å².